The minimum atomic E-state index is -3.70. The smallest absolute Gasteiger partial charge is 0.371 e. The van der Waals surface area contributed by atoms with E-state index in [0.717, 1.165) is 19.5 Å². The van der Waals surface area contributed by atoms with Crippen molar-refractivity contribution >= 4 is 31.9 Å². The third-order valence-corrected chi connectivity index (χ3v) is 4.36. The molecule has 0 bridgehead atoms. The van der Waals surface area contributed by atoms with Crippen molar-refractivity contribution in [3.05, 3.63) is 23.2 Å². The highest BCUT2D eigenvalue weighted by molar-refractivity contribution is 7.84. The molecule has 0 aliphatic carbocycles. The third kappa shape index (κ3) is 2.56. The third-order valence-electron chi connectivity index (χ3n) is 2.11. The summed E-state index contributed by atoms with van der Waals surface area (Å²) in [6.07, 6.45) is 0. The van der Waals surface area contributed by atoms with Crippen molar-refractivity contribution in [2.75, 3.05) is 14.1 Å². The normalized spacial score (nSPS) is 12.2. The summed E-state index contributed by atoms with van der Waals surface area (Å²) in [5.41, 5.74) is 0.749. The van der Waals surface area contributed by atoms with Crippen LogP contribution in [0.2, 0.25) is 0 Å². The van der Waals surface area contributed by atoms with Crippen molar-refractivity contribution in [1.82, 2.24) is 9.29 Å². The molecule has 0 fully saturated rings. The van der Waals surface area contributed by atoms with Gasteiger partial charge >= 0.3 is 10.3 Å². The molecule has 17 heavy (non-hydrogen) atoms. The van der Waals surface area contributed by atoms with Gasteiger partial charge in [-0.25, -0.2) is 4.98 Å². The van der Waals surface area contributed by atoms with Gasteiger partial charge < -0.3 is 4.18 Å². The van der Waals surface area contributed by atoms with Gasteiger partial charge in [0.1, 0.15) is 5.75 Å². The molecular weight excluding hydrogens is 260 g/mol. The van der Waals surface area contributed by atoms with Crippen molar-refractivity contribution < 1.29 is 12.6 Å². The molecule has 2 aromatic rings. The Labute approximate surface area is 104 Å². The lowest BCUT2D eigenvalue weighted by Gasteiger charge is -2.11. The SMILES string of the molecule is Cc1nc2cc(OS(=O)(=O)N(C)C)ccc2s1. The van der Waals surface area contributed by atoms with Gasteiger partial charge in [0.2, 0.25) is 0 Å². The van der Waals surface area contributed by atoms with E-state index in [1.807, 2.05) is 6.92 Å². The number of fused-ring (bicyclic) bond motifs is 1. The summed E-state index contributed by atoms with van der Waals surface area (Å²) in [6, 6.07) is 5.06. The Bertz CT molecular complexity index is 647. The minimum Gasteiger partial charge on any atom is -0.371 e. The molecule has 0 spiro atoms. The average molecular weight is 272 g/mol. The van der Waals surface area contributed by atoms with Crippen LogP contribution in [0.4, 0.5) is 0 Å². The number of aryl methyl sites for hydroxylation is 1. The fraction of sp³-hybridized carbons (Fsp3) is 0.300. The summed E-state index contributed by atoms with van der Waals surface area (Å²) in [5, 5.41) is 0.938. The highest BCUT2D eigenvalue weighted by Gasteiger charge is 2.16. The molecule has 0 aliphatic heterocycles. The topological polar surface area (TPSA) is 59.5 Å². The molecule has 1 aromatic heterocycles. The molecule has 1 aromatic carbocycles. The van der Waals surface area contributed by atoms with E-state index in [4.69, 9.17) is 4.18 Å². The van der Waals surface area contributed by atoms with Crippen LogP contribution in [0.3, 0.4) is 0 Å². The van der Waals surface area contributed by atoms with Crippen LogP contribution in [0.5, 0.6) is 5.75 Å². The van der Waals surface area contributed by atoms with Gasteiger partial charge in [0.05, 0.1) is 15.2 Å². The van der Waals surface area contributed by atoms with E-state index in [2.05, 4.69) is 4.98 Å². The summed E-state index contributed by atoms with van der Waals surface area (Å²) in [6.45, 7) is 1.90. The van der Waals surface area contributed by atoms with Crippen LogP contribution in [-0.4, -0.2) is 31.8 Å². The van der Waals surface area contributed by atoms with Crippen LogP contribution in [-0.2, 0) is 10.3 Å². The van der Waals surface area contributed by atoms with E-state index in [1.54, 1.807) is 29.5 Å². The van der Waals surface area contributed by atoms with E-state index in [0.29, 0.717) is 0 Å². The van der Waals surface area contributed by atoms with E-state index in [-0.39, 0.29) is 5.75 Å². The first kappa shape index (κ1) is 12.3. The molecule has 0 radical (unpaired) electrons. The Kier molecular flexibility index (Phi) is 3.07. The number of hydrogen-bond donors (Lipinski definition) is 0. The minimum absolute atomic E-state index is 0.275. The summed E-state index contributed by atoms with van der Waals surface area (Å²) >= 11 is 1.56. The van der Waals surface area contributed by atoms with Crippen LogP contribution >= 0.6 is 11.3 Å². The molecule has 7 heteroatoms. The maximum absolute atomic E-state index is 11.5. The van der Waals surface area contributed by atoms with Gasteiger partial charge in [0, 0.05) is 20.2 Å². The Morgan fingerprint density at radius 1 is 1.35 bits per heavy atom. The lowest BCUT2D eigenvalue weighted by atomic mass is 10.3. The van der Waals surface area contributed by atoms with Gasteiger partial charge in [0.25, 0.3) is 0 Å². The fourth-order valence-corrected chi connectivity index (χ4v) is 2.57. The zero-order valence-corrected chi connectivity index (χ0v) is 11.3. The molecule has 92 valence electrons. The monoisotopic (exact) mass is 272 g/mol. The van der Waals surface area contributed by atoms with Gasteiger partial charge in [-0.3, -0.25) is 0 Å². The van der Waals surface area contributed by atoms with Crippen LogP contribution in [0, 0.1) is 6.92 Å². The Morgan fingerprint density at radius 2 is 2.06 bits per heavy atom. The lowest BCUT2D eigenvalue weighted by Crippen LogP contribution is -2.26. The second kappa shape index (κ2) is 4.25. The summed E-state index contributed by atoms with van der Waals surface area (Å²) in [4.78, 5) is 4.28. The maximum atomic E-state index is 11.5. The molecule has 0 saturated heterocycles. The van der Waals surface area contributed by atoms with Crippen molar-refractivity contribution in [1.29, 1.82) is 0 Å². The van der Waals surface area contributed by atoms with E-state index < -0.39 is 10.3 Å². The Hall–Kier alpha value is -1.18. The highest BCUT2D eigenvalue weighted by atomic mass is 32.2. The summed E-state index contributed by atoms with van der Waals surface area (Å²) < 4.78 is 30.0. The molecule has 0 atom stereocenters. The van der Waals surface area contributed by atoms with Crippen molar-refractivity contribution in [2.45, 2.75) is 6.92 Å². The van der Waals surface area contributed by atoms with E-state index >= 15 is 0 Å². The van der Waals surface area contributed by atoms with E-state index in [9.17, 15) is 8.42 Å². The van der Waals surface area contributed by atoms with Gasteiger partial charge in [-0.1, -0.05) is 0 Å². The number of benzene rings is 1. The quantitative estimate of drug-likeness (QED) is 0.854. The fourth-order valence-electron chi connectivity index (χ4n) is 1.27. The summed E-state index contributed by atoms with van der Waals surface area (Å²) in [5.74, 6) is 0.275. The first-order chi connectivity index (χ1) is 7.88. The lowest BCUT2D eigenvalue weighted by molar-refractivity contribution is 0.421. The summed E-state index contributed by atoms with van der Waals surface area (Å²) in [7, 11) is -0.869. The van der Waals surface area contributed by atoms with Gasteiger partial charge in [0.15, 0.2) is 0 Å². The standard InChI is InChI=1S/C10H12N2O3S2/c1-7-11-9-6-8(4-5-10(9)16-7)15-17(13,14)12(2)3/h4-6H,1-3H3. The Balaban J connectivity index is 2.37. The maximum Gasteiger partial charge on any atom is 0.384 e. The first-order valence-electron chi connectivity index (χ1n) is 4.87. The van der Waals surface area contributed by atoms with Gasteiger partial charge in [-0.15, -0.1) is 11.3 Å². The molecule has 0 N–H and O–H groups in total. The Morgan fingerprint density at radius 3 is 2.71 bits per heavy atom. The predicted molar refractivity (Wildman–Crippen MR) is 67.6 cm³/mol. The van der Waals surface area contributed by atoms with Crippen LogP contribution in [0.25, 0.3) is 10.2 Å². The van der Waals surface area contributed by atoms with Crippen LogP contribution in [0.15, 0.2) is 18.2 Å². The molecule has 0 aliphatic rings. The average Bonchev–Trinajstić information content (AvgIpc) is 2.56. The second-order valence-corrected chi connectivity index (χ2v) is 6.67. The van der Waals surface area contributed by atoms with Crippen LogP contribution < -0.4 is 4.18 Å². The second-order valence-electron chi connectivity index (χ2n) is 3.69. The zero-order valence-electron chi connectivity index (χ0n) is 9.67. The molecular formula is C10H12N2O3S2. The van der Waals surface area contributed by atoms with Crippen LogP contribution in [0.1, 0.15) is 5.01 Å². The zero-order chi connectivity index (χ0) is 12.6. The largest absolute Gasteiger partial charge is 0.384 e. The number of thiazole rings is 1. The molecule has 1 heterocycles. The molecule has 0 saturated carbocycles. The number of rotatable bonds is 3. The number of hydrogen-bond acceptors (Lipinski definition) is 5. The number of aromatic nitrogens is 1. The predicted octanol–water partition coefficient (Wildman–Crippen LogP) is 1.79. The van der Waals surface area contributed by atoms with Gasteiger partial charge in [-0.2, -0.15) is 12.7 Å². The van der Waals surface area contributed by atoms with Crippen molar-refractivity contribution in [2.24, 2.45) is 0 Å². The van der Waals surface area contributed by atoms with Gasteiger partial charge in [-0.05, 0) is 19.1 Å². The first-order valence-corrected chi connectivity index (χ1v) is 7.06. The molecule has 0 unspecified atom stereocenters. The van der Waals surface area contributed by atoms with E-state index in [1.165, 1.54) is 14.1 Å². The highest BCUT2D eigenvalue weighted by Crippen LogP contribution is 2.26. The number of nitrogens with zero attached hydrogens (tertiary/aromatic N) is 2. The van der Waals surface area contributed by atoms with Crippen molar-refractivity contribution in [3.63, 3.8) is 0 Å². The molecule has 2 rings (SSSR count). The molecule has 5 nitrogen and oxygen atoms in total. The molecule has 0 amide bonds. The van der Waals surface area contributed by atoms with Crippen molar-refractivity contribution in [3.8, 4) is 5.75 Å².